The molecule has 10 aromatic rings. The Morgan fingerprint density at radius 3 is 1.64 bits per heavy atom. The van der Waals surface area contributed by atoms with Gasteiger partial charge in [-0.15, -0.1) is 0 Å². The fraction of sp³-hybridized carbons (Fsp3) is 0. The van der Waals surface area contributed by atoms with Crippen LogP contribution in [0.4, 0.5) is 25.8 Å². The summed E-state index contributed by atoms with van der Waals surface area (Å²) >= 11 is 0. The highest BCUT2D eigenvalue weighted by atomic mass is 19.1. The van der Waals surface area contributed by atoms with Gasteiger partial charge in [-0.25, -0.2) is 8.78 Å². The number of hydrogen-bond acceptors (Lipinski definition) is 2. The van der Waals surface area contributed by atoms with Crippen molar-refractivity contribution in [2.24, 2.45) is 0 Å². The second kappa shape index (κ2) is 12.4. The van der Waals surface area contributed by atoms with Crippen LogP contribution in [0.2, 0.25) is 0 Å². The standard InChI is InChI=1S/C48H30F2N2O/c49-35-19-12-31(13-20-35)32-14-23-37(24-15-32)51(45-9-5-11-47-48(45)41-7-2-4-10-46(41)53-47)38-25-16-33(17-26-38)34-18-29-44-42(30-34)40-6-1-3-8-43(40)52(44)39-27-21-36(50)22-28-39/h1-30H. The summed E-state index contributed by atoms with van der Waals surface area (Å²) in [5, 5.41) is 4.36. The molecule has 8 aromatic carbocycles. The minimum Gasteiger partial charge on any atom is -0.456 e. The van der Waals surface area contributed by atoms with Crippen LogP contribution in [0.15, 0.2) is 186 Å². The molecule has 5 heteroatoms. The van der Waals surface area contributed by atoms with Gasteiger partial charge in [0.2, 0.25) is 0 Å². The molecule has 2 heterocycles. The van der Waals surface area contributed by atoms with E-state index in [1.54, 1.807) is 12.1 Å². The minimum atomic E-state index is -0.254. The fourth-order valence-corrected chi connectivity index (χ4v) is 7.64. The first kappa shape index (κ1) is 30.8. The van der Waals surface area contributed by atoms with Crippen molar-refractivity contribution >= 4 is 60.8 Å². The molecule has 0 unspecified atom stereocenters. The van der Waals surface area contributed by atoms with Crippen molar-refractivity contribution in [1.82, 2.24) is 4.57 Å². The Balaban J connectivity index is 1.09. The maximum atomic E-state index is 13.8. The van der Waals surface area contributed by atoms with E-state index in [9.17, 15) is 8.78 Å². The molecule has 0 N–H and O–H groups in total. The van der Waals surface area contributed by atoms with Crippen LogP contribution < -0.4 is 4.90 Å². The molecule has 0 saturated heterocycles. The highest BCUT2D eigenvalue weighted by Gasteiger charge is 2.20. The summed E-state index contributed by atoms with van der Waals surface area (Å²) < 4.78 is 36.0. The summed E-state index contributed by atoms with van der Waals surface area (Å²) in [7, 11) is 0. The van der Waals surface area contributed by atoms with Crippen LogP contribution in [0.3, 0.4) is 0 Å². The molecule has 10 rings (SSSR count). The van der Waals surface area contributed by atoms with Crippen LogP contribution in [0.25, 0.3) is 71.7 Å². The molecule has 0 spiro atoms. The van der Waals surface area contributed by atoms with Crippen molar-refractivity contribution in [2.45, 2.75) is 0 Å². The first-order valence-corrected chi connectivity index (χ1v) is 17.6. The molecule has 0 radical (unpaired) electrons. The molecule has 0 fully saturated rings. The number of anilines is 3. The van der Waals surface area contributed by atoms with E-state index >= 15 is 0 Å². The van der Waals surface area contributed by atoms with E-state index in [0.717, 1.165) is 88.7 Å². The number of halogens is 2. The number of aromatic nitrogens is 1. The van der Waals surface area contributed by atoms with Crippen molar-refractivity contribution in [2.75, 3.05) is 4.90 Å². The van der Waals surface area contributed by atoms with E-state index in [-0.39, 0.29) is 11.6 Å². The summed E-state index contributed by atoms with van der Waals surface area (Å²) in [6.45, 7) is 0. The van der Waals surface area contributed by atoms with Crippen molar-refractivity contribution in [3.8, 4) is 27.9 Å². The van der Waals surface area contributed by atoms with Gasteiger partial charge in [-0.2, -0.15) is 0 Å². The number of benzene rings is 8. The van der Waals surface area contributed by atoms with Crippen molar-refractivity contribution in [1.29, 1.82) is 0 Å². The van der Waals surface area contributed by atoms with E-state index in [1.807, 2.05) is 48.5 Å². The predicted octanol–water partition coefficient (Wildman–Crippen LogP) is 13.8. The third-order valence-electron chi connectivity index (χ3n) is 10.1. The smallest absolute Gasteiger partial charge is 0.137 e. The third kappa shape index (κ3) is 5.25. The van der Waals surface area contributed by atoms with Crippen molar-refractivity contribution in [3.05, 3.63) is 194 Å². The lowest BCUT2D eigenvalue weighted by Crippen LogP contribution is -2.10. The van der Waals surface area contributed by atoms with Gasteiger partial charge >= 0.3 is 0 Å². The Hall–Kier alpha value is -6.98. The van der Waals surface area contributed by atoms with Gasteiger partial charge < -0.3 is 13.9 Å². The second-order valence-electron chi connectivity index (χ2n) is 13.2. The number of furan rings is 1. The van der Waals surface area contributed by atoms with Gasteiger partial charge in [0.1, 0.15) is 22.8 Å². The van der Waals surface area contributed by atoms with E-state index in [4.69, 9.17) is 4.42 Å². The SMILES string of the molecule is Fc1ccc(-c2ccc(N(c3ccc(-c4ccc5c(c4)c4ccccc4n5-c4ccc(F)cc4)cc3)c3cccc4oc5ccccc5c34)cc2)cc1. The maximum absolute atomic E-state index is 13.8. The monoisotopic (exact) mass is 688 g/mol. The summed E-state index contributed by atoms with van der Waals surface area (Å²) in [5.41, 5.74) is 11.8. The van der Waals surface area contributed by atoms with Gasteiger partial charge in [0.15, 0.2) is 0 Å². The number of rotatable bonds is 6. The van der Waals surface area contributed by atoms with Crippen LogP contribution >= 0.6 is 0 Å². The zero-order chi connectivity index (χ0) is 35.5. The quantitative estimate of drug-likeness (QED) is 0.173. The first-order chi connectivity index (χ1) is 26.1. The molecule has 0 amide bonds. The highest BCUT2D eigenvalue weighted by Crippen LogP contribution is 2.44. The Morgan fingerprint density at radius 1 is 0.415 bits per heavy atom. The summed E-state index contributed by atoms with van der Waals surface area (Å²) in [4.78, 5) is 2.27. The maximum Gasteiger partial charge on any atom is 0.137 e. The molecule has 3 nitrogen and oxygen atoms in total. The Kier molecular flexibility index (Phi) is 7.18. The zero-order valence-electron chi connectivity index (χ0n) is 28.4. The van der Waals surface area contributed by atoms with E-state index in [1.165, 1.54) is 24.3 Å². The van der Waals surface area contributed by atoms with Crippen LogP contribution in [-0.4, -0.2) is 4.57 Å². The van der Waals surface area contributed by atoms with E-state index in [0.29, 0.717) is 0 Å². The molecule has 252 valence electrons. The van der Waals surface area contributed by atoms with Crippen LogP contribution in [0, 0.1) is 11.6 Å². The summed E-state index contributed by atoms with van der Waals surface area (Å²) in [6, 6.07) is 59.5. The number of hydrogen-bond donors (Lipinski definition) is 0. The molecule has 2 aromatic heterocycles. The molecule has 0 saturated carbocycles. The van der Waals surface area contributed by atoms with Gasteiger partial charge in [0.25, 0.3) is 0 Å². The second-order valence-corrected chi connectivity index (χ2v) is 13.2. The largest absolute Gasteiger partial charge is 0.456 e. The Labute approximate surface area is 304 Å². The van der Waals surface area contributed by atoms with Crippen molar-refractivity contribution in [3.63, 3.8) is 0 Å². The average Bonchev–Trinajstić information content (AvgIpc) is 3.75. The molecule has 0 bridgehead atoms. The average molecular weight is 689 g/mol. The van der Waals surface area contributed by atoms with Crippen LogP contribution in [-0.2, 0) is 0 Å². The molecular weight excluding hydrogens is 659 g/mol. The van der Waals surface area contributed by atoms with E-state index in [2.05, 4.69) is 107 Å². The predicted molar refractivity (Wildman–Crippen MR) is 214 cm³/mol. The normalized spacial score (nSPS) is 11.6. The molecule has 0 aliphatic heterocycles. The first-order valence-electron chi connectivity index (χ1n) is 17.6. The van der Waals surface area contributed by atoms with Crippen molar-refractivity contribution < 1.29 is 13.2 Å². The van der Waals surface area contributed by atoms with Gasteiger partial charge in [0, 0.05) is 33.2 Å². The highest BCUT2D eigenvalue weighted by molar-refractivity contribution is 6.13. The summed E-state index contributed by atoms with van der Waals surface area (Å²) in [6.07, 6.45) is 0. The molecule has 53 heavy (non-hydrogen) atoms. The van der Waals surface area contributed by atoms with Gasteiger partial charge in [-0.1, -0.05) is 84.9 Å². The Bertz CT molecular complexity index is 2940. The Morgan fingerprint density at radius 2 is 0.943 bits per heavy atom. The lowest BCUT2D eigenvalue weighted by molar-refractivity contribution is 0.627. The summed E-state index contributed by atoms with van der Waals surface area (Å²) in [5.74, 6) is -0.507. The zero-order valence-corrected chi connectivity index (χ0v) is 28.4. The topological polar surface area (TPSA) is 21.3 Å². The van der Waals surface area contributed by atoms with Gasteiger partial charge in [-0.3, -0.25) is 0 Å². The minimum absolute atomic E-state index is 0.253. The van der Waals surface area contributed by atoms with E-state index < -0.39 is 0 Å². The fourth-order valence-electron chi connectivity index (χ4n) is 7.64. The van der Waals surface area contributed by atoms with Gasteiger partial charge in [0.05, 0.1) is 22.1 Å². The number of para-hydroxylation sites is 2. The molecular formula is C48H30F2N2O. The molecule has 0 aliphatic carbocycles. The molecule has 0 atom stereocenters. The third-order valence-corrected chi connectivity index (χ3v) is 10.1. The number of nitrogens with zero attached hydrogens (tertiary/aromatic N) is 2. The number of fused-ring (bicyclic) bond motifs is 6. The van der Waals surface area contributed by atoms with Gasteiger partial charge in [-0.05, 0) is 119 Å². The lowest BCUT2D eigenvalue weighted by atomic mass is 10.0. The van der Waals surface area contributed by atoms with Crippen LogP contribution in [0.5, 0.6) is 0 Å². The van der Waals surface area contributed by atoms with Crippen LogP contribution in [0.1, 0.15) is 0 Å². The molecule has 0 aliphatic rings. The lowest BCUT2D eigenvalue weighted by Gasteiger charge is -2.26.